The largest absolute Gasteiger partial charge is 0.344 e. The smallest absolute Gasteiger partial charge is 0.263 e. The van der Waals surface area contributed by atoms with Gasteiger partial charge < -0.3 is 10.2 Å². The van der Waals surface area contributed by atoms with Crippen molar-refractivity contribution in [1.29, 1.82) is 0 Å². The molecule has 1 fully saturated rings. The van der Waals surface area contributed by atoms with E-state index >= 15 is 0 Å². The number of aromatic nitrogens is 1. The monoisotopic (exact) mass is 267 g/mol. The number of nitrogens with zero attached hydrogens (tertiary/aromatic N) is 2. The van der Waals surface area contributed by atoms with E-state index in [0.29, 0.717) is 17.8 Å². The topological polar surface area (TPSA) is 62.3 Å². The maximum absolute atomic E-state index is 12.1. The van der Waals surface area contributed by atoms with Crippen LogP contribution >= 0.6 is 11.3 Å². The molecule has 1 atom stereocenters. The molecular formula is C12H17N3O2S. The number of amides is 2. The molecule has 2 amide bonds. The lowest BCUT2D eigenvalue weighted by atomic mass is 10.2. The molecule has 1 aromatic rings. The number of rotatable bonds is 3. The molecule has 1 N–H and O–H groups in total. The predicted molar refractivity (Wildman–Crippen MR) is 69.7 cm³/mol. The number of nitrogens with one attached hydrogen (secondary N) is 1. The molecule has 2 heterocycles. The third-order valence-electron chi connectivity index (χ3n) is 3.08. The summed E-state index contributed by atoms with van der Waals surface area (Å²) in [6, 6.07) is -0.380. The third kappa shape index (κ3) is 2.38. The van der Waals surface area contributed by atoms with Gasteiger partial charge in [-0.1, -0.05) is 6.92 Å². The van der Waals surface area contributed by atoms with Crippen LogP contribution in [-0.4, -0.2) is 41.3 Å². The minimum absolute atomic E-state index is 0.0127. The molecule has 1 aliphatic rings. The molecule has 0 saturated carbocycles. The van der Waals surface area contributed by atoms with Crippen molar-refractivity contribution in [2.45, 2.75) is 32.7 Å². The summed E-state index contributed by atoms with van der Waals surface area (Å²) < 4.78 is 0. The van der Waals surface area contributed by atoms with Crippen LogP contribution in [0.5, 0.6) is 0 Å². The zero-order chi connectivity index (χ0) is 13.3. The summed E-state index contributed by atoms with van der Waals surface area (Å²) >= 11 is 1.40. The normalized spacial score (nSPS) is 19.4. The quantitative estimate of drug-likeness (QED) is 0.888. The van der Waals surface area contributed by atoms with E-state index in [0.717, 1.165) is 17.1 Å². The Labute approximate surface area is 110 Å². The molecule has 2 rings (SSSR count). The summed E-state index contributed by atoms with van der Waals surface area (Å²) in [5.41, 5.74) is 0.744. The average Bonchev–Trinajstić information content (AvgIpc) is 2.86. The summed E-state index contributed by atoms with van der Waals surface area (Å²) in [7, 11) is 1.75. The lowest BCUT2D eigenvalue weighted by Crippen LogP contribution is -2.40. The van der Waals surface area contributed by atoms with E-state index in [1.54, 1.807) is 11.9 Å². The van der Waals surface area contributed by atoms with Crippen molar-refractivity contribution in [2.75, 3.05) is 13.6 Å². The van der Waals surface area contributed by atoms with Gasteiger partial charge in [0.05, 0.1) is 10.7 Å². The molecule has 0 aromatic carbocycles. The highest BCUT2D eigenvalue weighted by Crippen LogP contribution is 2.19. The Hall–Kier alpha value is -1.43. The van der Waals surface area contributed by atoms with Crippen LogP contribution in [0, 0.1) is 6.92 Å². The second-order valence-corrected chi connectivity index (χ2v) is 5.53. The second-order valence-electron chi connectivity index (χ2n) is 4.45. The highest BCUT2D eigenvalue weighted by molar-refractivity contribution is 7.13. The van der Waals surface area contributed by atoms with Crippen LogP contribution in [0.15, 0.2) is 0 Å². The molecule has 0 radical (unpaired) electrons. The first-order valence-electron chi connectivity index (χ1n) is 6.05. The maximum atomic E-state index is 12.1. The number of hydrogen-bond acceptors (Lipinski definition) is 4. The van der Waals surface area contributed by atoms with E-state index in [1.807, 2.05) is 13.8 Å². The van der Waals surface area contributed by atoms with Crippen LogP contribution in [0.4, 0.5) is 0 Å². The SMILES string of the molecule is CCc1nc(C)c(C(=O)NC2CCN(C)C2=O)s1. The highest BCUT2D eigenvalue weighted by Gasteiger charge is 2.31. The van der Waals surface area contributed by atoms with Gasteiger partial charge in [-0.2, -0.15) is 0 Å². The van der Waals surface area contributed by atoms with Crippen LogP contribution in [0.2, 0.25) is 0 Å². The summed E-state index contributed by atoms with van der Waals surface area (Å²) in [6.07, 6.45) is 1.50. The Morgan fingerprint density at radius 2 is 2.33 bits per heavy atom. The van der Waals surface area contributed by atoms with Gasteiger partial charge in [0.2, 0.25) is 5.91 Å². The van der Waals surface area contributed by atoms with Crippen molar-refractivity contribution in [3.05, 3.63) is 15.6 Å². The molecule has 0 bridgehead atoms. The first-order chi connectivity index (χ1) is 8.52. The lowest BCUT2D eigenvalue weighted by Gasteiger charge is -2.11. The predicted octanol–water partition coefficient (Wildman–Crippen LogP) is 0.974. The van der Waals surface area contributed by atoms with Gasteiger partial charge in [0, 0.05) is 13.6 Å². The standard InChI is InChI=1S/C12H17N3O2S/c1-4-9-13-7(2)10(18-9)11(16)14-8-5-6-15(3)12(8)17/h8H,4-6H2,1-3H3,(H,14,16). The molecule has 0 spiro atoms. The molecule has 1 unspecified atom stereocenters. The zero-order valence-corrected chi connectivity index (χ0v) is 11.6. The Morgan fingerprint density at radius 1 is 1.61 bits per heavy atom. The van der Waals surface area contributed by atoms with Gasteiger partial charge in [0.15, 0.2) is 0 Å². The van der Waals surface area contributed by atoms with Crippen LogP contribution in [-0.2, 0) is 11.2 Å². The molecule has 5 nitrogen and oxygen atoms in total. The molecule has 98 valence electrons. The van der Waals surface area contributed by atoms with Crippen molar-refractivity contribution >= 4 is 23.2 Å². The van der Waals surface area contributed by atoms with E-state index in [1.165, 1.54) is 11.3 Å². The molecule has 18 heavy (non-hydrogen) atoms. The van der Waals surface area contributed by atoms with Gasteiger partial charge in [-0.3, -0.25) is 9.59 Å². The Morgan fingerprint density at radius 3 is 2.83 bits per heavy atom. The lowest BCUT2D eigenvalue weighted by molar-refractivity contribution is -0.128. The van der Waals surface area contributed by atoms with E-state index < -0.39 is 0 Å². The molecule has 1 aromatic heterocycles. The number of aryl methyl sites for hydroxylation is 2. The Kier molecular flexibility index (Phi) is 3.65. The fourth-order valence-electron chi connectivity index (χ4n) is 1.99. The number of hydrogen-bond donors (Lipinski definition) is 1. The van der Waals surface area contributed by atoms with E-state index in [4.69, 9.17) is 0 Å². The molecule has 1 saturated heterocycles. The van der Waals surface area contributed by atoms with Gasteiger partial charge >= 0.3 is 0 Å². The van der Waals surface area contributed by atoms with E-state index in [-0.39, 0.29) is 17.9 Å². The van der Waals surface area contributed by atoms with Crippen molar-refractivity contribution in [1.82, 2.24) is 15.2 Å². The van der Waals surface area contributed by atoms with Crippen molar-refractivity contribution in [3.63, 3.8) is 0 Å². The first kappa shape index (κ1) is 13.0. The third-order valence-corrected chi connectivity index (χ3v) is 4.38. The Balaban J connectivity index is 2.08. The average molecular weight is 267 g/mol. The zero-order valence-electron chi connectivity index (χ0n) is 10.8. The number of carbonyl (C=O) groups is 2. The number of likely N-dealkylation sites (N-methyl/N-ethyl adjacent to an activating group) is 1. The van der Waals surface area contributed by atoms with Gasteiger partial charge in [-0.05, 0) is 19.8 Å². The van der Waals surface area contributed by atoms with Crippen LogP contribution in [0.3, 0.4) is 0 Å². The fraction of sp³-hybridized carbons (Fsp3) is 0.583. The molecular weight excluding hydrogens is 250 g/mol. The van der Waals surface area contributed by atoms with Crippen LogP contribution in [0.1, 0.15) is 33.7 Å². The number of carbonyl (C=O) groups excluding carboxylic acids is 2. The van der Waals surface area contributed by atoms with Gasteiger partial charge in [0.25, 0.3) is 5.91 Å². The summed E-state index contributed by atoms with van der Waals surface area (Å²) in [6.45, 7) is 4.54. The van der Waals surface area contributed by atoms with Gasteiger partial charge in [0.1, 0.15) is 10.9 Å². The maximum Gasteiger partial charge on any atom is 0.263 e. The van der Waals surface area contributed by atoms with Crippen molar-refractivity contribution < 1.29 is 9.59 Å². The second kappa shape index (κ2) is 5.06. The molecule has 0 aliphatic carbocycles. The van der Waals surface area contributed by atoms with E-state index in [2.05, 4.69) is 10.3 Å². The summed E-state index contributed by atoms with van der Waals surface area (Å²) in [5, 5.41) is 3.75. The van der Waals surface area contributed by atoms with Crippen LogP contribution in [0.25, 0.3) is 0 Å². The molecule has 6 heteroatoms. The van der Waals surface area contributed by atoms with Crippen molar-refractivity contribution in [3.8, 4) is 0 Å². The number of likely N-dealkylation sites (tertiary alicyclic amines) is 1. The first-order valence-corrected chi connectivity index (χ1v) is 6.86. The van der Waals surface area contributed by atoms with Gasteiger partial charge in [-0.15, -0.1) is 11.3 Å². The summed E-state index contributed by atoms with van der Waals surface area (Å²) in [5.74, 6) is -0.195. The summed E-state index contributed by atoms with van der Waals surface area (Å²) in [4.78, 5) is 30.4. The fourth-order valence-corrected chi connectivity index (χ4v) is 2.90. The van der Waals surface area contributed by atoms with Gasteiger partial charge in [-0.25, -0.2) is 4.98 Å². The molecule has 1 aliphatic heterocycles. The number of thiazole rings is 1. The minimum Gasteiger partial charge on any atom is -0.344 e. The van der Waals surface area contributed by atoms with Crippen molar-refractivity contribution in [2.24, 2.45) is 0 Å². The highest BCUT2D eigenvalue weighted by atomic mass is 32.1. The minimum atomic E-state index is -0.380. The van der Waals surface area contributed by atoms with E-state index in [9.17, 15) is 9.59 Å². The van der Waals surface area contributed by atoms with Crippen LogP contribution < -0.4 is 5.32 Å². The Bertz CT molecular complexity index is 484.